The SMILES string of the molecule is c1ccc(-c2ccc(N(c3cccc4c3-c3c(sc5ccccc35)C43c4ccccc4-c4ccccc43)c3cccc4ccccc34)cc2)cc1. The average molecular weight is 666 g/mol. The highest BCUT2D eigenvalue weighted by Crippen LogP contribution is 2.67. The Morgan fingerprint density at radius 1 is 0.392 bits per heavy atom. The minimum absolute atomic E-state index is 0.404. The van der Waals surface area contributed by atoms with Gasteiger partial charge in [-0.05, 0) is 74.7 Å². The highest BCUT2D eigenvalue weighted by Gasteiger charge is 2.54. The molecule has 2 heteroatoms. The summed E-state index contributed by atoms with van der Waals surface area (Å²) in [4.78, 5) is 3.93. The minimum Gasteiger partial charge on any atom is -0.309 e. The summed E-state index contributed by atoms with van der Waals surface area (Å²) in [6.07, 6.45) is 0. The molecule has 0 saturated heterocycles. The van der Waals surface area contributed by atoms with Gasteiger partial charge in [0.25, 0.3) is 0 Å². The molecule has 0 fully saturated rings. The van der Waals surface area contributed by atoms with Crippen molar-refractivity contribution in [3.63, 3.8) is 0 Å². The third-order valence-corrected chi connectivity index (χ3v) is 12.4. The van der Waals surface area contributed by atoms with E-state index in [0.29, 0.717) is 0 Å². The van der Waals surface area contributed by atoms with Gasteiger partial charge in [-0.3, -0.25) is 0 Å². The van der Waals surface area contributed by atoms with E-state index in [1.165, 1.54) is 87.2 Å². The first-order valence-corrected chi connectivity index (χ1v) is 18.4. The molecule has 0 unspecified atom stereocenters. The van der Waals surface area contributed by atoms with Crippen LogP contribution in [0.4, 0.5) is 17.1 Å². The van der Waals surface area contributed by atoms with E-state index in [9.17, 15) is 0 Å². The van der Waals surface area contributed by atoms with Crippen LogP contribution in [0.1, 0.15) is 21.6 Å². The molecule has 2 aliphatic rings. The first-order valence-electron chi connectivity index (χ1n) is 17.6. The van der Waals surface area contributed by atoms with Crippen molar-refractivity contribution in [2.24, 2.45) is 0 Å². The van der Waals surface area contributed by atoms with Crippen molar-refractivity contribution in [2.45, 2.75) is 5.41 Å². The Kier molecular flexibility index (Phi) is 6.11. The average Bonchev–Trinajstić information content (AvgIpc) is 3.83. The molecule has 51 heavy (non-hydrogen) atoms. The second-order valence-electron chi connectivity index (χ2n) is 13.6. The molecule has 0 radical (unpaired) electrons. The van der Waals surface area contributed by atoms with Crippen LogP contribution in [0.2, 0.25) is 0 Å². The fraction of sp³-hybridized carbons (Fsp3) is 0.0204. The van der Waals surface area contributed by atoms with Crippen molar-refractivity contribution in [1.29, 1.82) is 0 Å². The maximum Gasteiger partial charge on any atom is 0.0820 e. The molecule has 1 heterocycles. The lowest BCUT2D eigenvalue weighted by Crippen LogP contribution is -2.25. The maximum absolute atomic E-state index is 2.51. The molecule has 0 amide bonds. The summed E-state index contributed by atoms with van der Waals surface area (Å²) in [6, 6.07) is 69.5. The van der Waals surface area contributed by atoms with E-state index in [1.807, 2.05) is 11.3 Å². The first kappa shape index (κ1) is 28.6. The molecular weight excluding hydrogens is 635 g/mol. The molecule has 0 saturated carbocycles. The number of nitrogens with zero attached hydrogens (tertiary/aromatic N) is 1. The molecule has 0 bridgehead atoms. The van der Waals surface area contributed by atoms with E-state index in [0.717, 1.165) is 5.69 Å². The number of thiophene rings is 1. The second-order valence-corrected chi connectivity index (χ2v) is 14.6. The number of hydrogen-bond acceptors (Lipinski definition) is 2. The molecule has 8 aromatic carbocycles. The highest BCUT2D eigenvalue weighted by atomic mass is 32.1. The van der Waals surface area contributed by atoms with Crippen LogP contribution in [0, 0.1) is 0 Å². The molecule has 1 aromatic heterocycles. The minimum atomic E-state index is -0.404. The van der Waals surface area contributed by atoms with Gasteiger partial charge in [0.2, 0.25) is 0 Å². The topological polar surface area (TPSA) is 3.24 Å². The highest BCUT2D eigenvalue weighted by molar-refractivity contribution is 7.20. The molecule has 1 spiro atoms. The molecular formula is C49H31NS. The molecule has 0 N–H and O–H groups in total. The molecule has 1 nitrogen and oxygen atoms in total. The third kappa shape index (κ3) is 3.91. The predicted molar refractivity (Wildman–Crippen MR) is 216 cm³/mol. The van der Waals surface area contributed by atoms with E-state index < -0.39 is 5.41 Å². The van der Waals surface area contributed by atoms with E-state index in [2.05, 4.69) is 193 Å². The summed E-state index contributed by atoms with van der Waals surface area (Å²) < 4.78 is 1.33. The Bertz CT molecular complexity index is 2760. The van der Waals surface area contributed by atoms with Crippen molar-refractivity contribution in [3.8, 4) is 33.4 Å². The van der Waals surface area contributed by atoms with Crippen LogP contribution in [-0.4, -0.2) is 0 Å². The summed E-state index contributed by atoms with van der Waals surface area (Å²) in [5.74, 6) is 0. The Morgan fingerprint density at radius 2 is 0.961 bits per heavy atom. The Labute approximate surface area is 301 Å². The maximum atomic E-state index is 2.51. The molecule has 238 valence electrons. The van der Waals surface area contributed by atoms with Gasteiger partial charge in [-0.25, -0.2) is 0 Å². The Balaban J connectivity index is 1.25. The van der Waals surface area contributed by atoms with E-state index in [1.54, 1.807) is 0 Å². The van der Waals surface area contributed by atoms with Crippen molar-refractivity contribution in [2.75, 3.05) is 4.90 Å². The van der Waals surface area contributed by atoms with Crippen molar-refractivity contribution < 1.29 is 0 Å². The predicted octanol–water partition coefficient (Wildman–Crippen LogP) is 13.5. The number of hydrogen-bond donors (Lipinski definition) is 0. The first-order chi connectivity index (χ1) is 25.3. The third-order valence-electron chi connectivity index (χ3n) is 11.1. The second kappa shape index (κ2) is 10.9. The van der Waals surface area contributed by atoms with Crippen LogP contribution in [-0.2, 0) is 5.41 Å². The number of rotatable bonds is 4. The lowest BCUT2D eigenvalue weighted by molar-refractivity contribution is 0.811. The number of anilines is 3. The monoisotopic (exact) mass is 665 g/mol. The van der Waals surface area contributed by atoms with Crippen LogP contribution >= 0.6 is 11.3 Å². The van der Waals surface area contributed by atoms with Crippen LogP contribution in [0.3, 0.4) is 0 Å². The van der Waals surface area contributed by atoms with Crippen LogP contribution in [0.25, 0.3) is 54.2 Å². The molecule has 9 aromatic rings. The van der Waals surface area contributed by atoms with Gasteiger partial charge in [-0.2, -0.15) is 0 Å². The fourth-order valence-corrected chi connectivity index (χ4v) is 10.4. The Morgan fingerprint density at radius 3 is 1.75 bits per heavy atom. The zero-order valence-corrected chi connectivity index (χ0v) is 28.6. The lowest BCUT2D eigenvalue weighted by Gasteiger charge is -2.32. The summed E-state index contributed by atoms with van der Waals surface area (Å²) >= 11 is 1.96. The molecule has 0 atom stereocenters. The summed E-state index contributed by atoms with van der Waals surface area (Å²) in [5.41, 5.74) is 15.0. The van der Waals surface area contributed by atoms with Gasteiger partial charge in [0.05, 0.1) is 16.8 Å². The summed E-state index contributed by atoms with van der Waals surface area (Å²) in [7, 11) is 0. The largest absolute Gasteiger partial charge is 0.309 e. The van der Waals surface area contributed by atoms with Gasteiger partial charge in [0.1, 0.15) is 0 Å². The lowest BCUT2D eigenvalue weighted by atomic mass is 9.74. The number of fused-ring (bicyclic) bond motifs is 13. The van der Waals surface area contributed by atoms with Crippen molar-refractivity contribution >= 4 is 49.3 Å². The van der Waals surface area contributed by atoms with E-state index >= 15 is 0 Å². The quantitative estimate of drug-likeness (QED) is 0.181. The van der Waals surface area contributed by atoms with Crippen LogP contribution in [0.5, 0.6) is 0 Å². The van der Waals surface area contributed by atoms with Crippen LogP contribution < -0.4 is 4.90 Å². The fourth-order valence-electron chi connectivity index (χ4n) is 9.00. The normalized spacial score (nSPS) is 13.3. The molecule has 0 aliphatic heterocycles. The zero-order chi connectivity index (χ0) is 33.5. The van der Waals surface area contributed by atoms with Gasteiger partial charge in [-0.15, -0.1) is 11.3 Å². The molecule has 2 aliphatic carbocycles. The number of benzene rings is 8. The van der Waals surface area contributed by atoms with Gasteiger partial charge in [-0.1, -0.05) is 158 Å². The molecule has 11 rings (SSSR count). The van der Waals surface area contributed by atoms with Gasteiger partial charge >= 0.3 is 0 Å². The van der Waals surface area contributed by atoms with E-state index in [-0.39, 0.29) is 0 Å². The van der Waals surface area contributed by atoms with E-state index in [4.69, 9.17) is 0 Å². The van der Waals surface area contributed by atoms with Gasteiger partial charge in [0, 0.05) is 37.2 Å². The summed E-state index contributed by atoms with van der Waals surface area (Å²) in [6.45, 7) is 0. The van der Waals surface area contributed by atoms with Crippen LogP contribution in [0.15, 0.2) is 188 Å². The van der Waals surface area contributed by atoms with Crippen molar-refractivity contribution in [1.82, 2.24) is 0 Å². The van der Waals surface area contributed by atoms with Gasteiger partial charge < -0.3 is 4.90 Å². The smallest absolute Gasteiger partial charge is 0.0820 e. The standard InChI is InChI=1S/C49H31NS/c1-2-14-32(15-3-1)33-28-30-35(31-29-33)50(43-25-12-17-34-16-4-5-18-36(34)43)44-26-13-24-42-47(44)46-39-21-8-11-27-45(39)51-48(46)49(42)40-22-9-6-19-37(40)38-20-7-10-23-41(38)49/h1-31H. The zero-order valence-electron chi connectivity index (χ0n) is 27.8. The van der Waals surface area contributed by atoms with Gasteiger partial charge in [0.15, 0.2) is 0 Å². The van der Waals surface area contributed by atoms with Crippen molar-refractivity contribution in [3.05, 3.63) is 210 Å². The Hall–Kier alpha value is -6.22. The summed E-state index contributed by atoms with van der Waals surface area (Å²) in [5, 5.41) is 3.77.